The van der Waals surface area contributed by atoms with Gasteiger partial charge in [-0.3, -0.25) is 4.90 Å². The molecule has 1 atom stereocenters. The van der Waals surface area contributed by atoms with Crippen molar-refractivity contribution in [3.63, 3.8) is 0 Å². The van der Waals surface area contributed by atoms with E-state index in [2.05, 4.69) is 6.58 Å². The molecule has 1 aliphatic rings. The van der Waals surface area contributed by atoms with Crippen molar-refractivity contribution < 1.29 is 19.4 Å². The first-order valence-corrected chi connectivity index (χ1v) is 4.60. The molecule has 5 nitrogen and oxygen atoms in total. The van der Waals surface area contributed by atoms with Crippen LogP contribution in [0, 0.1) is 0 Å². The lowest BCUT2D eigenvalue weighted by Crippen LogP contribution is -2.46. The number of nitrogens with zero attached hydrogens (tertiary/aromatic N) is 1. The van der Waals surface area contributed by atoms with E-state index in [1.54, 1.807) is 6.08 Å². The first kappa shape index (κ1) is 11.3. The quantitative estimate of drug-likeness (QED) is 0.708. The van der Waals surface area contributed by atoms with Gasteiger partial charge in [0.15, 0.2) is 6.04 Å². The second kappa shape index (κ2) is 5.19. The van der Waals surface area contributed by atoms with E-state index in [4.69, 9.17) is 9.84 Å². The Bertz CT molecular complexity index is 298. The number of aliphatic carboxylic acids is 1. The van der Waals surface area contributed by atoms with Crippen molar-refractivity contribution in [1.29, 1.82) is 0 Å². The molecule has 1 aliphatic heterocycles. The molecule has 1 rings (SSSR count). The van der Waals surface area contributed by atoms with E-state index >= 15 is 0 Å². The van der Waals surface area contributed by atoms with E-state index in [0.29, 0.717) is 13.0 Å². The van der Waals surface area contributed by atoms with Gasteiger partial charge in [-0.25, -0.2) is 9.59 Å². The van der Waals surface area contributed by atoms with Crippen LogP contribution in [0.4, 0.5) is 4.79 Å². The summed E-state index contributed by atoms with van der Waals surface area (Å²) in [5.41, 5.74) is 0. The first-order valence-electron chi connectivity index (χ1n) is 4.60. The van der Waals surface area contributed by atoms with Crippen molar-refractivity contribution in [3.8, 4) is 0 Å². The van der Waals surface area contributed by atoms with Crippen LogP contribution in [0.15, 0.2) is 24.8 Å². The largest absolute Gasteiger partial charge is 0.479 e. The second-order valence-electron chi connectivity index (χ2n) is 3.06. The number of amides is 1. The van der Waals surface area contributed by atoms with E-state index in [1.807, 2.05) is 0 Å². The van der Waals surface area contributed by atoms with Gasteiger partial charge < -0.3 is 9.84 Å². The topological polar surface area (TPSA) is 66.8 Å². The molecule has 0 saturated carbocycles. The lowest BCUT2D eigenvalue weighted by atomic mass is 10.1. The third kappa shape index (κ3) is 2.83. The summed E-state index contributed by atoms with van der Waals surface area (Å²) >= 11 is 0. The zero-order valence-electron chi connectivity index (χ0n) is 8.26. The molecular weight excluding hydrogens is 198 g/mol. The average molecular weight is 211 g/mol. The van der Waals surface area contributed by atoms with Crippen LogP contribution in [0.2, 0.25) is 0 Å². The number of carboxylic acid groups (broad SMARTS) is 1. The molecule has 0 spiro atoms. The monoisotopic (exact) mass is 211 g/mol. The highest BCUT2D eigenvalue weighted by molar-refractivity contribution is 5.82. The maximum atomic E-state index is 11.4. The molecule has 5 heteroatoms. The number of rotatable bonds is 3. The molecule has 0 aliphatic carbocycles. The van der Waals surface area contributed by atoms with Crippen molar-refractivity contribution in [2.75, 3.05) is 13.2 Å². The van der Waals surface area contributed by atoms with Crippen LogP contribution in [0.5, 0.6) is 0 Å². The van der Waals surface area contributed by atoms with Crippen molar-refractivity contribution >= 4 is 12.1 Å². The zero-order valence-corrected chi connectivity index (χ0v) is 8.26. The van der Waals surface area contributed by atoms with Crippen LogP contribution in [0.25, 0.3) is 0 Å². The number of hydrogen-bond acceptors (Lipinski definition) is 3. The molecule has 0 aromatic carbocycles. The fraction of sp³-hybridized carbons (Fsp3) is 0.400. The summed E-state index contributed by atoms with van der Waals surface area (Å²) in [6, 6.07) is -0.920. The third-order valence-corrected chi connectivity index (χ3v) is 2.00. The van der Waals surface area contributed by atoms with E-state index in [-0.39, 0.29) is 6.61 Å². The Morgan fingerprint density at radius 3 is 3.00 bits per heavy atom. The SMILES string of the molecule is C=CCOC(=O)N1CCC=CC1C(=O)O. The maximum absolute atomic E-state index is 11.4. The van der Waals surface area contributed by atoms with Crippen molar-refractivity contribution in [2.45, 2.75) is 12.5 Å². The van der Waals surface area contributed by atoms with Gasteiger partial charge in [-0.2, -0.15) is 0 Å². The number of ether oxygens (including phenoxy) is 1. The van der Waals surface area contributed by atoms with Gasteiger partial charge in [0.2, 0.25) is 0 Å². The standard InChI is InChI=1S/C10H13NO4/c1-2-7-15-10(14)11-6-4-3-5-8(11)9(12)13/h2-3,5,8H,1,4,6-7H2,(H,12,13). The first-order chi connectivity index (χ1) is 7.16. The molecule has 0 bridgehead atoms. The summed E-state index contributed by atoms with van der Waals surface area (Å²) in [5, 5.41) is 8.86. The van der Waals surface area contributed by atoms with Gasteiger partial charge in [0, 0.05) is 6.54 Å². The highest BCUT2D eigenvalue weighted by Gasteiger charge is 2.29. The van der Waals surface area contributed by atoms with Gasteiger partial charge in [0.05, 0.1) is 0 Å². The van der Waals surface area contributed by atoms with Crippen LogP contribution >= 0.6 is 0 Å². The number of carbonyl (C=O) groups excluding carboxylic acids is 1. The minimum atomic E-state index is -1.05. The van der Waals surface area contributed by atoms with Gasteiger partial charge in [0.25, 0.3) is 0 Å². The lowest BCUT2D eigenvalue weighted by molar-refractivity contribution is -0.141. The van der Waals surface area contributed by atoms with Gasteiger partial charge in [-0.15, -0.1) is 0 Å². The third-order valence-electron chi connectivity index (χ3n) is 2.00. The fourth-order valence-corrected chi connectivity index (χ4v) is 1.32. The Morgan fingerprint density at radius 2 is 2.40 bits per heavy atom. The predicted molar refractivity (Wildman–Crippen MR) is 53.4 cm³/mol. The van der Waals surface area contributed by atoms with Crippen LogP contribution < -0.4 is 0 Å². The molecule has 1 amide bonds. The van der Waals surface area contributed by atoms with Gasteiger partial charge in [-0.1, -0.05) is 24.8 Å². The molecule has 0 saturated heterocycles. The van der Waals surface area contributed by atoms with Gasteiger partial charge in [0.1, 0.15) is 6.61 Å². The molecule has 0 aromatic rings. The minimum absolute atomic E-state index is 0.0887. The Hall–Kier alpha value is -1.78. The Balaban J connectivity index is 2.65. The predicted octanol–water partition coefficient (Wildman–Crippen LogP) is 1.02. The number of hydrogen-bond donors (Lipinski definition) is 1. The van der Waals surface area contributed by atoms with Crippen molar-refractivity contribution in [3.05, 3.63) is 24.8 Å². The summed E-state index contributed by atoms with van der Waals surface area (Å²) in [6.07, 6.45) is 4.70. The van der Waals surface area contributed by atoms with Crippen LogP contribution in [-0.2, 0) is 9.53 Å². The van der Waals surface area contributed by atoms with E-state index in [9.17, 15) is 9.59 Å². The Labute approximate surface area is 87.6 Å². The van der Waals surface area contributed by atoms with E-state index in [0.717, 1.165) is 0 Å². The molecule has 1 N–H and O–H groups in total. The lowest BCUT2D eigenvalue weighted by Gasteiger charge is -2.28. The molecule has 1 unspecified atom stereocenters. The van der Waals surface area contributed by atoms with Gasteiger partial charge >= 0.3 is 12.1 Å². The summed E-state index contributed by atoms with van der Waals surface area (Å²) in [4.78, 5) is 23.4. The fourth-order valence-electron chi connectivity index (χ4n) is 1.32. The second-order valence-corrected chi connectivity index (χ2v) is 3.06. The van der Waals surface area contributed by atoms with E-state index in [1.165, 1.54) is 17.1 Å². The summed E-state index contributed by atoms with van der Waals surface area (Å²) in [7, 11) is 0. The molecule has 0 fully saturated rings. The summed E-state index contributed by atoms with van der Waals surface area (Å²) in [5.74, 6) is -1.05. The smallest absolute Gasteiger partial charge is 0.411 e. The molecule has 0 aromatic heterocycles. The average Bonchev–Trinajstić information content (AvgIpc) is 2.25. The molecule has 82 valence electrons. The molecule has 15 heavy (non-hydrogen) atoms. The normalized spacial score (nSPS) is 19.7. The molecule has 0 radical (unpaired) electrons. The minimum Gasteiger partial charge on any atom is -0.479 e. The Morgan fingerprint density at radius 1 is 1.67 bits per heavy atom. The Kier molecular flexibility index (Phi) is 3.91. The maximum Gasteiger partial charge on any atom is 0.411 e. The van der Waals surface area contributed by atoms with Crippen LogP contribution in [0.1, 0.15) is 6.42 Å². The van der Waals surface area contributed by atoms with Crippen LogP contribution in [-0.4, -0.2) is 41.3 Å². The number of carboxylic acids is 1. The van der Waals surface area contributed by atoms with Gasteiger partial charge in [-0.05, 0) is 6.42 Å². The summed E-state index contributed by atoms with van der Waals surface area (Å²) in [6.45, 7) is 3.86. The zero-order chi connectivity index (χ0) is 11.3. The number of carbonyl (C=O) groups is 2. The molecular formula is C10H13NO4. The highest BCUT2D eigenvalue weighted by atomic mass is 16.6. The van der Waals surface area contributed by atoms with E-state index < -0.39 is 18.1 Å². The highest BCUT2D eigenvalue weighted by Crippen LogP contribution is 2.11. The van der Waals surface area contributed by atoms with Crippen molar-refractivity contribution in [2.24, 2.45) is 0 Å². The molecule has 1 heterocycles. The van der Waals surface area contributed by atoms with Crippen LogP contribution in [0.3, 0.4) is 0 Å². The summed E-state index contributed by atoms with van der Waals surface area (Å²) < 4.78 is 4.78. The van der Waals surface area contributed by atoms with Crippen molar-refractivity contribution in [1.82, 2.24) is 4.90 Å².